The average Bonchev–Trinajstić information content (AvgIpc) is 3.23. The molecule has 8 nitrogen and oxygen atoms in total. The van der Waals surface area contributed by atoms with E-state index in [0.717, 1.165) is 11.4 Å². The van der Waals surface area contributed by atoms with Crippen molar-refractivity contribution in [2.45, 2.75) is 18.6 Å². The van der Waals surface area contributed by atoms with Gasteiger partial charge in [0.25, 0.3) is 5.91 Å². The zero-order chi connectivity index (χ0) is 24.6. The van der Waals surface area contributed by atoms with Gasteiger partial charge in [0.2, 0.25) is 5.91 Å². The fraction of sp³-hybridized carbons (Fsp3) is 0.154. The maximum absolute atomic E-state index is 12.6. The van der Waals surface area contributed by atoms with Crippen LogP contribution >= 0.6 is 11.8 Å². The average molecular weight is 488 g/mol. The lowest BCUT2D eigenvalue weighted by atomic mass is 10.2. The molecule has 4 rings (SSSR count). The first-order valence-corrected chi connectivity index (χ1v) is 11.9. The zero-order valence-electron chi connectivity index (χ0n) is 19.4. The zero-order valence-corrected chi connectivity index (χ0v) is 20.2. The number of para-hydroxylation sites is 2. The molecule has 1 aromatic heterocycles. The smallest absolute Gasteiger partial charge is 0.255 e. The van der Waals surface area contributed by atoms with Crippen LogP contribution in [0.4, 0.5) is 11.4 Å². The number of carbonyl (C=O) groups is 2. The molecule has 0 saturated heterocycles. The minimum absolute atomic E-state index is 0.173. The van der Waals surface area contributed by atoms with Gasteiger partial charge in [-0.15, -0.1) is 10.2 Å². The second-order valence-electron chi connectivity index (χ2n) is 7.67. The molecule has 3 aromatic carbocycles. The molecule has 0 aliphatic heterocycles. The van der Waals surface area contributed by atoms with Crippen LogP contribution in [0.5, 0.6) is 5.75 Å². The van der Waals surface area contributed by atoms with Crippen molar-refractivity contribution in [3.63, 3.8) is 0 Å². The van der Waals surface area contributed by atoms with Gasteiger partial charge < -0.3 is 19.9 Å². The molecule has 1 heterocycles. The highest BCUT2D eigenvalue weighted by atomic mass is 32.2. The van der Waals surface area contributed by atoms with E-state index in [1.165, 1.54) is 11.8 Å². The maximum atomic E-state index is 12.6. The normalized spacial score (nSPS) is 10.6. The summed E-state index contributed by atoms with van der Waals surface area (Å²) in [5.74, 6) is 1.11. The Hall–Kier alpha value is -4.11. The van der Waals surface area contributed by atoms with E-state index in [-0.39, 0.29) is 17.6 Å². The van der Waals surface area contributed by atoms with Gasteiger partial charge in [-0.1, -0.05) is 54.2 Å². The lowest BCUT2D eigenvalue weighted by molar-refractivity contribution is -0.113. The molecular weight excluding hydrogens is 462 g/mol. The monoisotopic (exact) mass is 487 g/mol. The third-order valence-electron chi connectivity index (χ3n) is 5.20. The van der Waals surface area contributed by atoms with Crippen LogP contribution in [-0.4, -0.2) is 39.4 Å². The van der Waals surface area contributed by atoms with Gasteiger partial charge in [0.1, 0.15) is 11.6 Å². The SMILES string of the molecule is COc1ccccc1NC(=O)c1ccc(NC(=O)CSc2nnc(C)n2Cc2ccccc2)cc1. The number of benzene rings is 3. The van der Waals surface area contributed by atoms with E-state index in [0.29, 0.717) is 34.4 Å². The van der Waals surface area contributed by atoms with Crippen LogP contribution in [0.25, 0.3) is 0 Å². The third kappa shape index (κ3) is 6.27. The number of hydrogen-bond donors (Lipinski definition) is 2. The highest BCUT2D eigenvalue weighted by Crippen LogP contribution is 2.24. The van der Waals surface area contributed by atoms with Gasteiger partial charge in [0.15, 0.2) is 5.16 Å². The molecule has 2 N–H and O–H groups in total. The van der Waals surface area contributed by atoms with Crippen molar-refractivity contribution >= 4 is 35.0 Å². The summed E-state index contributed by atoms with van der Waals surface area (Å²) in [4.78, 5) is 25.1. The summed E-state index contributed by atoms with van der Waals surface area (Å²) in [6, 6.07) is 23.9. The van der Waals surface area contributed by atoms with Gasteiger partial charge in [-0.05, 0) is 48.9 Å². The molecule has 4 aromatic rings. The van der Waals surface area contributed by atoms with Crippen molar-refractivity contribution in [1.82, 2.24) is 14.8 Å². The van der Waals surface area contributed by atoms with Crippen LogP contribution in [0.3, 0.4) is 0 Å². The summed E-state index contributed by atoms with van der Waals surface area (Å²) in [5, 5.41) is 14.7. The molecule has 0 unspecified atom stereocenters. The molecule has 0 spiro atoms. The van der Waals surface area contributed by atoms with E-state index in [1.54, 1.807) is 43.5 Å². The van der Waals surface area contributed by atoms with E-state index in [2.05, 4.69) is 20.8 Å². The predicted molar refractivity (Wildman–Crippen MR) is 137 cm³/mol. The molecule has 0 fully saturated rings. The molecule has 0 atom stereocenters. The van der Waals surface area contributed by atoms with Gasteiger partial charge in [0, 0.05) is 11.3 Å². The Balaban J connectivity index is 1.32. The fourth-order valence-electron chi connectivity index (χ4n) is 3.39. The molecular formula is C26H25N5O3S. The van der Waals surface area contributed by atoms with Gasteiger partial charge >= 0.3 is 0 Å². The van der Waals surface area contributed by atoms with Gasteiger partial charge in [-0.2, -0.15) is 0 Å². The number of carbonyl (C=O) groups excluding carboxylic acids is 2. The number of methoxy groups -OCH3 is 1. The van der Waals surface area contributed by atoms with Crippen LogP contribution in [0.15, 0.2) is 84.0 Å². The summed E-state index contributed by atoms with van der Waals surface area (Å²) in [6.07, 6.45) is 0. The summed E-state index contributed by atoms with van der Waals surface area (Å²) < 4.78 is 7.25. The van der Waals surface area contributed by atoms with Crippen molar-refractivity contribution in [2.75, 3.05) is 23.5 Å². The molecule has 2 amide bonds. The number of hydrogen-bond acceptors (Lipinski definition) is 6. The van der Waals surface area contributed by atoms with E-state index in [1.807, 2.05) is 54.0 Å². The molecule has 0 saturated carbocycles. The second kappa shape index (κ2) is 11.3. The van der Waals surface area contributed by atoms with Crippen LogP contribution in [0.2, 0.25) is 0 Å². The van der Waals surface area contributed by atoms with E-state index in [4.69, 9.17) is 4.74 Å². The lowest BCUT2D eigenvalue weighted by Crippen LogP contribution is -2.16. The number of nitrogens with zero attached hydrogens (tertiary/aromatic N) is 3. The summed E-state index contributed by atoms with van der Waals surface area (Å²) >= 11 is 1.33. The predicted octanol–water partition coefficient (Wildman–Crippen LogP) is 4.63. The van der Waals surface area contributed by atoms with E-state index < -0.39 is 0 Å². The number of aryl methyl sites for hydroxylation is 1. The minimum atomic E-state index is -0.268. The first-order valence-electron chi connectivity index (χ1n) is 10.9. The summed E-state index contributed by atoms with van der Waals surface area (Å²) in [7, 11) is 1.55. The van der Waals surface area contributed by atoms with Crippen molar-refractivity contribution in [3.8, 4) is 5.75 Å². The molecule has 9 heteroatoms. The van der Waals surface area contributed by atoms with Crippen molar-refractivity contribution in [3.05, 3.63) is 95.8 Å². The van der Waals surface area contributed by atoms with Gasteiger partial charge in [0.05, 0.1) is 25.1 Å². The van der Waals surface area contributed by atoms with Gasteiger partial charge in [-0.3, -0.25) is 9.59 Å². The maximum Gasteiger partial charge on any atom is 0.255 e. The Kier molecular flexibility index (Phi) is 7.79. The number of rotatable bonds is 9. The number of nitrogens with one attached hydrogen (secondary N) is 2. The second-order valence-corrected chi connectivity index (χ2v) is 8.61. The van der Waals surface area contributed by atoms with Crippen LogP contribution in [0.1, 0.15) is 21.7 Å². The summed E-state index contributed by atoms with van der Waals surface area (Å²) in [5.41, 5.74) is 2.79. The molecule has 0 bridgehead atoms. The Morgan fingerprint density at radius 1 is 0.914 bits per heavy atom. The number of ether oxygens (including phenoxy) is 1. The van der Waals surface area contributed by atoms with Crippen molar-refractivity contribution in [2.24, 2.45) is 0 Å². The highest BCUT2D eigenvalue weighted by Gasteiger charge is 2.13. The van der Waals surface area contributed by atoms with Crippen molar-refractivity contribution in [1.29, 1.82) is 0 Å². The largest absolute Gasteiger partial charge is 0.495 e. The van der Waals surface area contributed by atoms with E-state index >= 15 is 0 Å². The van der Waals surface area contributed by atoms with Crippen LogP contribution in [-0.2, 0) is 11.3 Å². The minimum Gasteiger partial charge on any atom is -0.495 e. The molecule has 35 heavy (non-hydrogen) atoms. The lowest BCUT2D eigenvalue weighted by Gasteiger charge is -2.11. The van der Waals surface area contributed by atoms with E-state index in [9.17, 15) is 9.59 Å². The van der Waals surface area contributed by atoms with Crippen molar-refractivity contribution < 1.29 is 14.3 Å². The fourth-order valence-corrected chi connectivity index (χ4v) is 4.17. The Labute approximate surface area is 207 Å². The molecule has 0 radical (unpaired) electrons. The third-order valence-corrected chi connectivity index (χ3v) is 6.17. The molecule has 0 aliphatic carbocycles. The van der Waals surface area contributed by atoms with Crippen LogP contribution in [0, 0.1) is 6.92 Å². The Morgan fingerprint density at radius 3 is 2.37 bits per heavy atom. The first kappa shape index (κ1) is 24.0. The Bertz CT molecular complexity index is 1310. The van der Waals surface area contributed by atoms with Gasteiger partial charge in [-0.25, -0.2) is 0 Å². The highest BCUT2D eigenvalue weighted by molar-refractivity contribution is 7.99. The molecule has 178 valence electrons. The number of amides is 2. The quantitative estimate of drug-likeness (QED) is 0.334. The Morgan fingerprint density at radius 2 is 1.63 bits per heavy atom. The standard InChI is InChI=1S/C26H25N5O3S/c1-18-29-30-26(31(18)16-19-8-4-3-5-9-19)35-17-24(32)27-21-14-12-20(13-15-21)25(33)28-22-10-6-7-11-23(22)34-2/h3-15H,16-17H2,1-2H3,(H,27,32)(H,28,33). The number of anilines is 2. The number of thioether (sulfide) groups is 1. The first-order chi connectivity index (χ1) is 17.0. The van der Waals surface area contributed by atoms with Crippen LogP contribution < -0.4 is 15.4 Å². The topological polar surface area (TPSA) is 98.1 Å². The molecule has 0 aliphatic rings. The number of aromatic nitrogens is 3. The summed E-state index contributed by atoms with van der Waals surface area (Å²) in [6.45, 7) is 2.54.